The number of aromatic nitrogens is 4. The number of pyridine rings is 1. The molecule has 13 heteroatoms. The molecule has 0 unspecified atom stereocenters. The number of benzene rings is 1. The van der Waals surface area contributed by atoms with Crippen LogP contribution in [0.1, 0.15) is 22.7 Å². The molecule has 176 valence electrons. The summed E-state index contributed by atoms with van der Waals surface area (Å²) < 4.78 is 63.3. The molecule has 3 heterocycles. The van der Waals surface area contributed by atoms with Gasteiger partial charge in [-0.3, -0.25) is 9.78 Å². The number of nitrogens with one attached hydrogen (secondary N) is 1. The first kappa shape index (κ1) is 22.9. The number of rotatable bonds is 5. The van der Waals surface area contributed by atoms with Gasteiger partial charge < -0.3 is 19.7 Å². The Hall–Kier alpha value is -4.29. The van der Waals surface area contributed by atoms with Crippen LogP contribution in [0.2, 0.25) is 0 Å². The first-order valence-electron chi connectivity index (χ1n) is 9.73. The number of hydrogen-bond acceptors (Lipinski definition) is 6. The highest BCUT2D eigenvalue weighted by atomic mass is 19.4. The monoisotopic (exact) mass is 476 g/mol. The number of urea groups is 1. The third-order valence-corrected chi connectivity index (χ3v) is 4.66. The van der Waals surface area contributed by atoms with Crippen molar-refractivity contribution in [3.63, 3.8) is 0 Å². The SMILES string of the molecule is Cc1noc(C)c1-c1ccc(C[n+]2cc([N-]C(=O)Nc3cc(F)cc(C(F)(F)F)c3)on2)nc1. The van der Waals surface area contributed by atoms with Crippen LogP contribution in [0.5, 0.6) is 0 Å². The zero-order chi connectivity index (χ0) is 24.5. The fraction of sp³-hybridized carbons (Fsp3) is 0.190. The zero-order valence-electron chi connectivity index (χ0n) is 17.7. The smallest absolute Gasteiger partial charge is 0.416 e. The van der Waals surface area contributed by atoms with Crippen LogP contribution >= 0.6 is 0 Å². The van der Waals surface area contributed by atoms with Crippen LogP contribution < -0.4 is 10.00 Å². The highest BCUT2D eigenvalue weighted by Crippen LogP contribution is 2.32. The summed E-state index contributed by atoms with van der Waals surface area (Å²) in [5.74, 6) is -0.692. The number of carbonyl (C=O) groups excluding carboxylic acids is 1. The summed E-state index contributed by atoms with van der Waals surface area (Å²) in [6.07, 6.45) is -1.81. The Morgan fingerprint density at radius 2 is 1.97 bits per heavy atom. The van der Waals surface area contributed by atoms with Gasteiger partial charge in [-0.05, 0) is 48.5 Å². The van der Waals surface area contributed by atoms with Gasteiger partial charge in [0, 0.05) is 17.3 Å². The van der Waals surface area contributed by atoms with Gasteiger partial charge in [0.1, 0.15) is 17.3 Å². The van der Waals surface area contributed by atoms with Crippen LogP contribution in [0, 0.1) is 19.7 Å². The Bertz CT molecular complexity index is 1310. The summed E-state index contributed by atoms with van der Waals surface area (Å²) in [5, 5.41) is 13.3. The minimum atomic E-state index is -4.77. The number of alkyl halides is 3. The van der Waals surface area contributed by atoms with E-state index in [0.717, 1.165) is 22.9 Å². The molecule has 3 aromatic heterocycles. The molecule has 4 aromatic rings. The number of carbonyl (C=O) groups is 1. The summed E-state index contributed by atoms with van der Waals surface area (Å²) >= 11 is 0. The minimum Gasteiger partial charge on any atom is -0.424 e. The van der Waals surface area contributed by atoms with E-state index in [1.165, 1.54) is 10.9 Å². The zero-order valence-corrected chi connectivity index (χ0v) is 17.7. The molecule has 1 N–H and O–H groups in total. The molecule has 0 radical (unpaired) electrons. The Kier molecular flexibility index (Phi) is 6.01. The number of hydrogen-bond donors (Lipinski definition) is 1. The molecule has 9 nitrogen and oxygen atoms in total. The Balaban J connectivity index is 1.38. The van der Waals surface area contributed by atoms with E-state index in [1.807, 2.05) is 13.0 Å². The molecule has 0 aliphatic heterocycles. The maximum Gasteiger partial charge on any atom is 0.416 e. The van der Waals surface area contributed by atoms with Crippen molar-refractivity contribution in [1.29, 1.82) is 0 Å². The number of anilines is 1. The fourth-order valence-corrected chi connectivity index (χ4v) is 3.20. The maximum atomic E-state index is 13.5. The maximum absolute atomic E-state index is 13.5. The van der Waals surface area contributed by atoms with Crippen LogP contribution in [0.15, 0.2) is 51.8 Å². The van der Waals surface area contributed by atoms with Crippen LogP contribution in [0.3, 0.4) is 0 Å². The molecule has 0 spiro atoms. The van der Waals surface area contributed by atoms with E-state index < -0.39 is 29.3 Å². The second-order valence-electron chi connectivity index (χ2n) is 7.24. The molecular formula is C21H16F4N6O3. The van der Waals surface area contributed by atoms with Crippen molar-refractivity contribution < 1.29 is 36.1 Å². The molecule has 0 bridgehead atoms. The van der Waals surface area contributed by atoms with Crippen LogP contribution in [-0.2, 0) is 12.7 Å². The summed E-state index contributed by atoms with van der Waals surface area (Å²) in [7, 11) is 0. The lowest BCUT2D eigenvalue weighted by Gasteiger charge is -2.15. The quantitative estimate of drug-likeness (QED) is 0.318. The van der Waals surface area contributed by atoms with Gasteiger partial charge in [-0.1, -0.05) is 11.2 Å². The van der Waals surface area contributed by atoms with Gasteiger partial charge in [0.2, 0.25) is 18.6 Å². The van der Waals surface area contributed by atoms with Gasteiger partial charge in [-0.15, -0.1) is 0 Å². The van der Waals surface area contributed by atoms with Crippen molar-refractivity contribution in [3.8, 4) is 11.1 Å². The molecule has 1 aromatic carbocycles. The van der Waals surface area contributed by atoms with Crippen molar-refractivity contribution in [2.24, 2.45) is 0 Å². The molecule has 0 fully saturated rings. The van der Waals surface area contributed by atoms with E-state index in [9.17, 15) is 22.4 Å². The van der Waals surface area contributed by atoms with E-state index in [2.05, 4.69) is 26.0 Å². The highest BCUT2D eigenvalue weighted by Gasteiger charge is 2.31. The van der Waals surface area contributed by atoms with E-state index in [4.69, 9.17) is 9.05 Å². The van der Waals surface area contributed by atoms with Crippen molar-refractivity contribution in [3.05, 3.63) is 76.6 Å². The van der Waals surface area contributed by atoms with Gasteiger partial charge in [-0.2, -0.15) is 13.2 Å². The van der Waals surface area contributed by atoms with Crippen LogP contribution in [0.25, 0.3) is 16.4 Å². The third kappa shape index (κ3) is 5.19. The summed E-state index contributed by atoms with van der Waals surface area (Å²) in [5.41, 5.74) is 1.42. The van der Waals surface area contributed by atoms with Gasteiger partial charge in [0.15, 0.2) is 11.3 Å². The predicted octanol–water partition coefficient (Wildman–Crippen LogP) is 5.07. The fourth-order valence-electron chi connectivity index (χ4n) is 3.20. The van der Waals surface area contributed by atoms with Gasteiger partial charge in [0.05, 0.1) is 11.3 Å². The topological polar surface area (TPSA) is 112 Å². The third-order valence-electron chi connectivity index (χ3n) is 4.66. The molecule has 0 aliphatic rings. The Morgan fingerprint density at radius 3 is 2.62 bits per heavy atom. The van der Waals surface area contributed by atoms with E-state index in [1.54, 1.807) is 19.2 Å². The minimum absolute atomic E-state index is 0.196. The lowest BCUT2D eigenvalue weighted by atomic mass is 10.1. The number of halogens is 4. The average molecular weight is 476 g/mol. The van der Waals surface area contributed by atoms with Crippen LogP contribution in [0.4, 0.5) is 33.9 Å². The normalized spacial score (nSPS) is 11.5. The molecule has 4 rings (SSSR count). The molecule has 0 saturated carbocycles. The molecule has 0 saturated heterocycles. The number of nitrogens with zero attached hydrogens (tertiary/aromatic N) is 5. The van der Waals surface area contributed by atoms with Crippen molar-refractivity contribution in [1.82, 2.24) is 15.4 Å². The molecule has 34 heavy (non-hydrogen) atoms. The average Bonchev–Trinajstić information content (AvgIpc) is 3.33. The second-order valence-corrected chi connectivity index (χ2v) is 7.24. The van der Waals surface area contributed by atoms with Crippen molar-refractivity contribution in [2.45, 2.75) is 26.6 Å². The van der Waals surface area contributed by atoms with E-state index >= 15 is 0 Å². The first-order valence-corrected chi connectivity index (χ1v) is 9.73. The molecule has 0 aliphatic carbocycles. The highest BCUT2D eigenvalue weighted by molar-refractivity contribution is 6.03. The lowest BCUT2D eigenvalue weighted by molar-refractivity contribution is -0.755. The molecule has 2 amide bonds. The lowest BCUT2D eigenvalue weighted by Crippen LogP contribution is -2.35. The summed E-state index contributed by atoms with van der Waals surface area (Å²) in [6, 6.07) is 4.21. The second kappa shape index (κ2) is 8.92. The Morgan fingerprint density at radius 1 is 1.18 bits per heavy atom. The molecule has 0 atom stereocenters. The van der Waals surface area contributed by atoms with E-state index in [0.29, 0.717) is 23.6 Å². The summed E-state index contributed by atoms with van der Waals surface area (Å²) in [6.45, 7) is 3.83. The standard InChI is InChI=1S/C21H16F4N6O3/c1-11-19(12(2)33-29-11)13-3-4-16(26-8-13)9-31-10-18(34-30-31)28-20(32)27-17-6-14(21(23,24)25)5-15(22)7-17/h3-8,10H,9H2,1-2H3,(H-,27,28,30,32). The molecular weight excluding hydrogens is 460 g/mol. The largest absolute Gasteiger partial charge is 0.424 e. The van der Waals surface area contributed by atoms with Gasteiger partial charge in [0.25, 0.3) is 0 Å². The Labute approximate surface area is 189 Å². The summed E-state index contributed by atoms with van der Waals surface area (Å²) in [4.78, 5) is 16.4. The van der Waals surface area contributed by atoms with E-state index in [-0.39, 0.29) is 12.4 Å². The van der Waals surface area contributed by atoms with Crippen LogP contribution in [-0.4, -0.2) is 21.4 Å². The predicted molar refractivity (Wildman–Crippen MR) is 108 cm³/mol. The van der Waals surface area contributed by atoms with Crippen molar-refractivity contribution in [2.75, 3.05) is 5.32 Å². The number of amides is 2. The van der Waals surface area contributed by atoms with Crippen molar-refractivity contribution >= 4 is 17.6 Å². The first-order chi connectivity index (χ1) is 16.1. The number of aryl methyl sites for hydroxylation is 2. The van der Waals surface area contributed by atoms with Gasteiger partial charge >= 0.3 is 6.18 Å². The van der Waals surface area contributed by atoms with Gasteiger partial charge in [-0.25, -0.2) is 4.39 Å².